The van der Waals surface area contributed by atoms with Crippen LogP contribution in [0, 0.1) is 0 Å². The van der Waals surface area contributed by atoms with Gasteiger partial charge in [0.05, 0.1) is 0 Å². The maximum Gasteiger partial charge on any atom is 0.0406 e. The Morgan fingerprint density at radius 1 is 0.762 bits per heavy atom. The van der Waals surface area contributed by atoms with Gasteiger partial charge in [-0.2, -0.15) is 0 Å². The van der Waals surface area contributed by atoms with Crippen LogP contribution in [-0.2, 0) is 6.54 Å². The van der Waals surface area contributed by atoms with Gasteiger partial charge in [0.2, 0.25) is 0 Å². The van der Waals surface area contributed by atoms with Crippen LogP contribution in [-0.4, -0.2) is 6.54 Å². The Morgan fingerprint density at radius 3 is 1.86 bits per heavy atom. The summed E-state index contributed by atoms with van der Waals surface area (Å²) < 4.78 is 0. The lowest BCUT2D eigenvalue weighted by Gasteiger charge is -2.05. The third kappa shape index (κ3) is 10.8. The van der Waals surface area contributed by atoms with Gasteiger partial charge in [-0.15, -0.1) is 0 Å². The van der Waals surface area contributed by atoms with Crippen LogP contribution in [0.15, 0.2) is 24.3 Å². The quantitative estimate of drug-likeness (QED) is 0.419. The second-order valence-corrected chi connectivity index (χ2v) is 6.42. The van der Waals surface area contributed by atoms with Crippen molar-refractivity contribution in [1.29, 1.82) is 0 Å². The van der Waals surface area contributed by atoms with Crippen LogP contribution in [0.3, 0.4) is 0 Å². The maximum absolute atomic E-state index is 5.87. The van der Waals surface area contributed by atoms with Crippen molar-refractivity contribution in [3.8, 4) is 0 Å². The van der Waals surface area contributed by atoms with E-state index in [0.29, 0.717) is 0 Å². The first-order chi connectivity index (χ1) is 10.3. The van der Waals surface area contributed by atoms with Crippen molar-refractivity contribution in [1.82, 2.24) is 5.32 Å². The molecule has 0 amide bonds. The fourth-order valence-corrected chi connectivity index (χ4v) is 2.70. The fraction of sp³-hybridized carbons (Fsp3) is 0.684. The summed E-state index contributed by atoms with van der Waals surface area (Å²) in [6.45, 7) is 4.36. The Hall–Kier alpha value is -0.530. The van der Waals surface area contributed by atoms with Crippen molar-refractivity contribution in [3.05, 3.63) is 34.9 Å². The van der Waals surface area contributed by atoms with E-state index in [1.165, 1.54) is 69.8 Å². The lowest BCUT2D eigenvalue weighted by molar-refractivity contribution is 0.543. The molecule has 0 aromatic heterocycles. The molecule has 0 aliphatic rings. The molecule has 0 atom stereocenters. The van der Waals surface area contributed by atoms with E-state index in [-0.39, 0.29) is 0 Å². The zero-order valence-electron chi connectivity index (χ0n) is 13.7. The summed E-state index contributed by atoms with van der Waals surface area (Å²) in [5.41, 5.74) is 1.31. The van der Waals surface area contributed by atoms with Gasteiger partial charge in [0.15, 0.2) is 0 Å². The molecule has 1 N–H and O–H groups in total. The van der Waals surface area contributed by atoms with Crippen LogP contribution in [0.4, 0.5) is 0 Å². The molecule has 0 radical (unpaired) electrons. The minimum Gasteiger partial charge on any atom is -0.313 e. The minimum atomic E-state index is 0.813. The van der Waals surface area contributed by atoms with Crippen molar-refractivity contribution in [3.63, 3.8) is 0 Å². The number of halogens is 1. The van der Waals surface area contributed by atoms with Crippen LogP contribution in [0.5, 0.6) is 0 Å². The summed E-state index contributed by atoms with van der Waals surface area (Å²) in [6.07, 6.45) is 14.0. The van der Waals surface area contributed by atoms with Gasteiger partial charge in [-0.1, -0.05) is 88.4 Å². The van der Waals surface area contributed by atoms with E-state index < -0.39 is 0 Å². The smallest absolute Gasteiger partial charge is 0.0406 e. The lowest BCUT2D eigenvalue weighted by atomic mass is 10.1. The minimum absolute atomic E-state index is 0.813. The van der Waals surface area contributed by atoms with Gasteiger partial charge in [0, 0.05) is 11.6 Å². The number of nitrogens with one attached hydrogen (secondary N) is 1. The van der Waals surface area contributed by atoms with Crippen LogP contribution in [0.2, 0.25) is 5.02 Å². The molecular weight excluding hydrogens is 278 g/mol. The molecule has 120 valence electrons. The Kier molecular flexibility index (Phi) is 11.6. The third-order valence-electron chi connectivity index (χ3n) is 3.95. The van der Waals surface area contributed by atoms with E-state index in [1.54, 1.807) is 0 Å². The van der Waals surface area contributed by atoms with Gasteiger partial charge < -0.3 is 5.32 Å². The SMILES string of the molecule is CCCCCCCCCCCCNCc1ccc(Cl)cc1. The second kappa shape index (κ2) is 13.2. The molecule has 1 aromatic rings. The summed E-state index contributed by atoms with van der Waals surface area (Å²) in [7, 11) is 0. The third-order valence-corrected chi connectivity index (χ3v) is 4.20. The van der Waals surface area contributed by atoms with Crippen molar-refractivity contribution in [2.24, 2.45) is 0 Å². The molecule has 1 nitrogen and oxygen atoms in total. The van der Waals surface area contributed by atoms with Crippen LogP contribution < -0.4 is 5.32 Å². The summed E-state index contributed by atoms with van der Waals surface area (Å²) in [6, 6.07) is 8.10. The predicted molar refractivity (Wildman–Crippen MR) is 95.0 cm³/mol. The van der Waals surface area contributed by atoms with Crippen LogP contribution >= 0.6 is 11.6 Å². The Labute approximate surface area is 136 Å². The van der Waals surface area contributed by atoms with E-state index in [1.807, 2.05) is 12.1 Å². The average Bonchev–Trinajstić information content (AvgIpc) is 2.50. The number of unbranched alkanes of at least 4 members (excludes halogenated alkanes) is 9. The van der Waals surface area contributed by atoms with Crippen LogP contribution in [0.1, 0.15) is 76.7 Å². The lowest BCUT2D eigenvalue weighted by Crippen LogP contribution is -2.14. The van der Waals surface area contributed by atoms with Crippen molar-refractivity contribution in [2.75, 3.05) is 6.54 Å². The van der Waals surface area contributed by atoms with Gasteiger partial charge >= 0.3 is 0 Å². The summed E-state index contributed by atoms with van der Waals surface area (Å²) in [5.74, 6) is 0. The van der Waals surface area contributed by atoms with E-state index in [9.17, 15) is 0 Å². The van der Waals surface area contributed by atoms with E-state index in [4.69, 9.17) is 11.6 Å². The molecule has 1 rings (SSSR count). The molecule has 0 bridgehead atoms. The average molecular weight is 310 g/mol. The molecule has 0 spiro atoms. The first-order valence-electron chi connectivity index (χ1n) is 8.78. The van der Waals surface area contributed by atoms with Crippen molar-refractivity contribution < 1.29 is 0 Å². The molecule has 0 unspecified atom stereocenters. The zero-order chi connectivity index (χ0) is 15.2. The largest absolute Gasteiger partial charge is 0.313 e. The van der Waals surface area contributed by atoms with Gasteiger partial charge in [0.25, 0.3) is 0 Å². The van der Waals surface area contributed by atoms with Gasteiger partial charge in [-0.3, -0.25) is 0 Å². The number of benzene rings is 1. The number of rotatable bonds is 13. The predicted octanol–water partition coefficient (Wildman–Crippen LogP) is 6.35. The highest BCUT2D eigenvalue weighted by Crippen LogP contribution is 2.11. The topological polar surface area (TPSA) is 12.0 Å². The van der Waals surface area contributed by atoms with E-state index >= 15 is 0 Å². The van der Waals surface area contributed by atoms with Gasteiger partial charge in [-0.05, 0) is 30.7 Å². The molecule has 0 aliphatic heterocycles. The van der Waals surface area contributed by atoms with Crippen molar-refractivity contribution in [2.45, 2.75) is 77.7 Å². The number of hydrogen-bond donors (Lipinski definition) is 1. The molecular formula is C19H32ClN. The second-order valence-electron chi connectivity index (χ2n) is 5.99. The fourth-order valence-electron chi connectivity index (χ4n) is 2.57. The molecule has 0 saturated heterocycles. The summed E-state index contributed by atoms with van der Waals surface area (Å²) in [4.78, 5) is 0. The first-order valence-corrected chi connectivity index (χ1v) is 9.16. The monoisotopic (exact) mass is 309 g/mol. The summed E-state index contributed by atoms with van der Waals surface area (Å²) in [5, 5.41) is 4.32. The Morgan fingerprint density at radius 2 is 1.29 bits per heavy atom. The van der Waals surface area contributed by atoms with E-state index in [0.717, 1.165) is 18.1 Å². The maximum atomic E-state index is 5.87. The highest BCUT2D eigenvalue weighted by molar-refractivity contribution is 6.30. The molecule has 21 heavy (non-hydrogen) atoms. The molecule has 0 aliphatic carbocycles. The molecule has 0 heterocycles. The highest BCUT2D eigenvalue weighted by Gasteiger charge is 1.94. The highest BCUT2D eigenvalue weighted by atomic mass is 35.5. The number of hydrogen-bond acceptors (Lipinski definition) is 1. The molecule has 0 saturated carbocycles. The first kappa shape index (κ1) is 18.5. The molecule has 2 heteroatoms. The Balaban J connectivity index is 1.81. The standard InChI is InChI=1S/C19H32ClN/c1-2-3-4-5-6-7-8-9-10-11-16-21-17-18-12-14-19(20)15-13-18/h12-15,21H,2-11,16-17H2,1H3. The summed E-state index contributed by atoms with van der Waals surface area (Å²) >= 11 is 5.87. The van der Waals surface area contributed by atoms with Gasteiger partial charge in [0.1, 0.15) is 0 Å². The molecule has 0 fully saturated rings. The zero-order valence-corrected chi connectivity index (χ0v) is 14.4. The van der Waals surface area contributed by atoms with Crippen LogP contribution in [0.25, 0.3) is 0 Å². The van der Waals surface area contributed by atoms with E-state index in [2.05, 4.69) is 24.4 Å². The van der Waals surface area contributed by atoms with Gasteiger partial charge in [-0.25, -0.2) is 0 Å². The normalized spacial score (nSPS) is 11.0. The van der Waals surface area contributed by atoms with Crippen molar-refractivity contribution >= 4 is 11.6 Å². The molecule has 1 aromatic carbocycles. The Bertz CT molecular complexity index is 334.